The zero-order valence-electron chi connectivity index (χ0n) is 9.78. The van der Waals surface area contributed by atoms with E-state index in [0.29, 0.717) is 0 Å². The molecule has 3 heteroatoms. The molecule has 1 amide bonds. The summed E-state index contributed by atoms with van der Waals surface area (Å²) < 4.78 is 0. The average molecular weight is 228 g/mol. The van der Waals surface area contributed by atoms with Gasteiger partial charge in [0, 0.05) is 30.5 Å². The van der Waals surface area contributed by atoms with Gasteiger partial charge in [-0.15, -0.1) is 0 Å². The van der Waals surface area contributed by atoms with Gasteiger partial charge in [0.05, 0.1) is 5.57 Å². The molecule has 2 heterocycles. The van der Waals surface area contributed by atoms with Gasteiger partial charge < -0.3 is 10.2 Å². The molecule has 0 aromatic heterocycles. The van der Waals surface area contributed by atoms with Crippen LogP contribution in [0, 0.1) is 0 Å². The molecule has 0 bridgehead atoms. The van der Waals surface area contributed by atoms with Gasteiger partial charge in [0.25, 0.3) is 5.91 Å². The van der Waals surface area contributed by atoms with Gasteiger partial charge in [-0.05, 0) is 25.3 Å². The molecular weight excluding hydrogens is 212 g/mol. The lowest BCUT2D eigenvalue weighted by atomic mass is 10.1. The highest BCUT2D eigenvalue weighted by molar-refractivity contribution is 6.31. The summed E-state index contributed by atoms with van der Waals surface area (Å²) in [4.78, 5) is 14.2. The number of hydrogen-bond acceptors (Lipinski definition) is 2. The standard InChI is InChI=1S/C14H16N2O/c17-14-12(10-16-8-4-1-5-9-16)11-6-2-3-7-13(11)15-14/h2-3,6-7,10H,1,4-5,8-9H2,(H,15,17)/b12-10+. The van der Waals surface area contributed by atoms with E-state index >= 15 is 0 Å². The van der Waals surface area contributed by atoms with Crippen molar-refractivity contribution in [2.45, 2.75) is 19.3 Å². The molecule has 2 aliphatic heterocycles. The van der Waals surface area contributed by atoms with Crippen molar-refractivity contribution in [1.82, 2.24) is 4.90 Å². The Balaban J connectivity index is 1.92. The summed E-state index contributed by atoms with van der Waals surface area (Å²) in [5, 5.41) is 2.90. The highest BCUT2D eigenvalue weighted by atomic mass is 16.2. The number of hydrogen-bond donors (Lipinski definition) is 1. The Bertz CT molecular complexity index is 473. The number of nitrogens with one attached hydrogen (secondary N) is 1. The summed E-state index contributed by atoms with van der Waals surface area (Å²) in [7, 11) is 0. The van der Waals surface area contributed by atoms with E-state index in [-0.39, 0.29) is 5.91 Å². The summed E-state index contributed by atoms with van der Waals surface area (Å²) in [6.45, 7) is 2.14. The smallest absolute Gasteiger partial charge is 0.257 e. The van der Waals surface area contributed by atoms with Crippen molar-refractivity contribution in [2.75, 3.05) is 18.4 Å². The van der Waals surface area contributed by atoms with Gasteiger partial charge in [0.15, 0.2) is 0 Å². The first-order valence-electron chi connectivity index (χ1n) is 6.21. The Labute approximate surface area is 101 Å². The minimum Gasteiger partial charge on any atom is -0.377 e. The maximum absolute atomic E-state index is 11.9. The highest BCUT2D eigenvalue weighted by Crippen LogP contribution is 2.31. The van der Waals surface area contributed by atoms with Gasteiger partial charge in [-0.3, -0.25) is 4.79 Å². The number of carbonyl (C=O) groups excluding carboxylic acids is 1. The lowest BCUT2D eigenvalue weighted by Crippen LogP contribution is -2.25. The quantitative estimate of drug-likeness (QED) is 0.749. The number of piperidine rings is 1. The summed E-state index contributed by atoms with van der Waals surface area (Å²) in [6, 6.07) is 7.87. The van der Waals surface area contributed by atoms with Crippen molar-refractivity contribution in [1.29, 1.82) is 0 Å². The van der Waals surface area contributed by atoms with Crippen LogP contribution >= 0.6 is 0 Å². The van der Waals surface area contributed by atoms with Crippen LogP contribution in [0.15, 0.2) is 30.5 Å². The second kappa shape index (κ2) is 4.24. The number of anilines is 1. The Kier molecular flexibility index (Phi) is 2.59. The first-order valence-corrected chi connectivity index (χ1v) is 6.21. The molecule has 1 saturated heterocycles. The summed E-state index contributed by atoms with van der Waals surface area (Å²) in [5.41, 5.74) is 2.77. The van der Waals surface area contributed by atoms with Crippen LogP contribution in [-0.2, 0) is 4.79 Å². The monoisotopic (exact) mass is 228 g/mol. The van der Waals surface area contributed by atoms with E-state index in [1.54, 1.807) is 0 Å². The van der Waals surface area contributed by atoms with Crippen molar-refractivity contribution < 1.29 is 4.79 Å². The van der Waals surface area contributed by atoms with Crippen molar-refractivity contribution in [2.24, 2.45) is 0 Å². The molecule has 0 unspecified atom stereocenters. The third-order valence-electron chi connectivity index (χ3n) is 3.41. The van der Waals surface area contributed by atoms with Crippen LogP contribution in [0.3, 0.4) is 0 Å². The zero-order valence-corrected chi connectivity index (χ0v) is 9.78. The molecule has 1 aromatic carbocycles. The Morgan fingerprint density at radius 3 is 2.71 bits per heavy atom. The third-order valence-corrected chi connectivity index (χ3v) is 3.41. The average Bonchev–Trinajstić information content (AvgIpc) is 2.68. The fraction of sp³-hybridized carbons (Fsp3) is 0.357. The second-order valence-corrected chi connectivity index (χ2v) is 4.64. The van der Waals surface area contributed by atoms with E-state index in [1.165, 1.54) is 19.3 Å². The van der Waals surface area contributed by atoms with E-state index < -0.39 is 0 Å². The number of nitrogens with zero attached hydrogens (tertiary/aromatic N) is 1. The number of para-hydroxylation sites is 1. The van der Waals surface area contributed by atoms with Crippen molar-refractivity contribution in [3.63, 3.8) is 0 Å². The second-order valence-electron chi connectivity index (χ2n) is 4.64. The fourth-order valence-corrected chi connectivity index (χ4v) is 2.50. The van der Waals surface area contributed by atoms with Crippen LogP contribution in [0.2, 0.25) is 0 Å². The van der Waals surface area contributed by atoms with Crippen LogP contribution in [0.1, 0.15) is 24.8 Å². The molecule has 0 aliphatic carbocycles. The third kappa shape index (κ3) is 1.93. The van der Waals surface area contributed by atoms with Crippen LogP contribution in [0.4, 0.5) is 5.69 Å². The lowest BCUT2D eigenvalue weighted by Gasteiger charge is -2.25. The number of fused-ring (bicyclic) bond motifs is 1. The molecule has 88 valence electrons. The maximum atomic E-state index is 11.9. The Morgan fingerprint density at radius 2 is 1.88 bits per heavy atom. The topological polar surface area (TPSA) is 32.3 Å². The lowest BCUT2D eigenvalue weighted by molar-refractivity contribution is -0.110. The minimum atomic E-state index is 0.0248. The number of rotatable bonds is 1. The van der Waals surface area contributed by atoms with Crippen molar-refractivity contribution in [3.8, 4) is 0 Å². The van der Waals surface area contributed by atoms with Crippen molar-refractivity contribution >= 4 is 17.2 Å². The molecule has 1 fully saturated rings. The van der Waals surface area contributed by atoms with E-state index in [1.807, 2.05) is 30.5 Å². The zero-order chi connectivity index (χ0) is 11.7. The number of amides is 1. The van der Waals surface area contributed by atoms with Gasteiger partial charge in [0.2, 0.25) is 0 Å². The molecule has 0 saturated carbocycles. The summed E-state index contributed by atoms with van der Waals surface area (Å²) in [6.07, 6.45) is 5.79. The van der Waals surface area contributed by atoms with Gasteiger partial charge in [-0.2, -0.15) is 0 Å². The molecule has 3 nitrogen and oxygen atoms in total. The molecule has 2 aliphatic rings. The first kappa shape index (κ1) is 10.4. The largest absolute Gasteiger partial charge is 0.377 e. The summed E-state index contributed by atoms with van der Waals surface area (Å²) in [5.74, 6) is 0.0248. The van der Waals surface area contributed by atoms with Gasteiger partial charge in [-0.1, -0.05) is 18.2 Å². The van der Waals surface area contributed by atoms with Crippen molar-refractivity contribution in [3.05, 3.63) is 36.0 Å². The predicted molar refractivity (Wildman–Crippen MR) is 68.5 cm³/mol. The van der Waals surface area contributed by atoms with Gasteiger partial charge in [-0.25, -0.2) is 0 Å². The molecule has 0 atom stereocenters. The predicted octanol–water partition coefficient (Wildman–Crippen LogP) is 2.47. The minimum absolute atomic E-state index is 0.0248. The maximum Gasteiger partial charge on any atom is 0.257 e. The molecule has 1 aromatic rings. The molecule has 17 heavy (non-hydrogen) atoms. The SMILES string of the molecule is O=C1Nc2ccccc2/C1=C\N1CCCCC1. The molecule has 0 radical (unpaired) electrons. The van der Waals surface area contributed by atoms with Gasteiger partial charge in [0.1, 0.15) is 0 Å². The van der Waals surface area contributed by atoms with E-state index in [9.17, 15) is 4.79 Å². The number of likely N-dealkylation sites (tertiary alicyclic amines) is 1. The molecule has 3 rings (SSSR count). The van der Waals surface area contributed by atoms with E-state index in [2.05, 4.69) is 10.2 Å². The van der Waals surface area contributed by atoms with Crippen LogP contribution < -0.4 is 5.32 Å². The Hall–Kier alpha value is -1.77. The fourth-order valence-electron chi connectivity index (χ4n) is 2.50. The normalized spacial score (nSPS) is 21.5. The van der Waals surface area contributed by atoms with Crippen LogP contribution in [0.25, 0.3) is 5.57 Å². The molecule has 1 N–H and O–H groups in total. The van der Waals surface area contributed by atoms with Crippen LogP contribution in [0.5, 0.6) is 0 Å². The molecular formula is C14H16N2O. The van der Waals surface area contributed by atoms with E-state index in [4.69, 9.17) is 0 Å². The van der Waals surface area contributed by atoms with Gasteiger partial charge >= 0.3 is 0 Å². The highest BCUT2D eigenvalue weighted by Gasteiger charge is 2.24. The molecule has 0 spiro atoms. The number of benzene rings is 1. The van der Waals surface area contributed by atoms with Crippen LogP contribution in [-0.4, -0.2) is 23.9 Å². The number of carbonyl (C=O) groups is 1. The summed E-state index contributed by atoms with van der Waals surface area (Å²) >= 11 is 0. The Morgan fingerprint density at radius 1 is 1.12 bits per heavy atom. The first-order chi connectivity index (χ1) is 8.34. The van der Waals surface area contributed by atoms with E-state index in [0.717, 1.165) is 29.9 Å².